The maximum atomic E-state index is 17.1. The SMILES string of the molecule is CCC1CCCc2cc(O)cc(-c3ncc4c(N5CC6CCC(C5)N6C(=O)OCOC(C)=O)nc(OC[C@@]56CCCN5C[C@H](F)C6)nc4c3F)c21. The van der Waals surface area contributed by atoms with Gasteiger partial charge in [-0.05, 0) is 87.1 Å². The summed E-state index contributed by atoms with van der Waals surface area (Å²) in [6, 6.07) is 2.95. The molecule has 1 aliphatic carbocycles. The summed E-state index contributed by atoms with van der Waals surface area (Å²) < 4.78 is 48.0. The number of hydrogen-bond donors (Lipinski definition) is 1. The molecule has 1 aromatic carbocycles. The molecule has 4 fully saturated rings. The highest BCUT2D eigenvalue weighted by molar-refractivity contribution is 5.92. The molecule has 272 valence electrons. The molecule has 2 aromatic heterocycles. The number of hydrogen-bond acceptors (Lipinski definition) is 11. The quantitative estimate of drug-likeness (QED) is 0.231. The molecule has 1 amide bonds. The van der Waals surface area contributed by atoms with Crippen molar-refractivity contribution in [2.75, 3.05) is 44.5 Å². The van der Waals surface area contributed by atoms with Gasteiger partial charge in [-0.3, -0.25) is 19.6 Å². The number of aromatic hydroxyl groups is 1. The van der Waals surface area contributed by atoms with Crippen LogP contribution >= 0.6 is 0 Å². The maximum absolute atomic E-state index is 17.1. The number of aryl methyl sites for hydroxylation is 1. The van der Waals surface area contributed by atoms with Gasteiger partial charge in [-0.15, -0.1) is 0 Å². The summed E-state index contributed by atoms with van der Waals surface area (Å²) in [5, 5.41) is 11.1. The van der Waals surface area contributed by atoms with Crippen LogP contribution in [-0.4, -0.2) is 105 Å². The molecule has 4 saturated heterocycles. The number of anilines is 1. The minimum Gasteiger partial charge on any atom is -0.508 e. The average molecular weight is 707 g/mol. The summed E-state index contributed by atoms with van der Waals surface area (Å²) in [7, 11) is 0. The van der Waals surface area contributed by atoms with Crippen LogP contribution in [0.4, 0.5) is 19.4 Å². The van der Waals surface area contributed by atoms with E-state index in [2.05, 4.69) is 21.8 Å². The van der Waals surface area contributed by atoms with Gasteiger partial charge in [-0.1, -0.05) is 6.92 Å². The summed E-state index contributed by atoms with van der Waals surface area (Å²) in [5.74, 6) is -0.446. The fourth-order valence-corrected chi connectivity index (χ4v) is 9.45. The van der Waals surface area contributed by atoms with Gasteiger partial charge in [-0.25, -0.2) is 13.6 Å². The number of ether oxygens (including phenoxy) is 3. The molecule has 14 heteroatoms. The largest absolute Gasteiger partial charge is 0.508 e. The lowest BCUT2D eigenvalue weighted by Gasteiger charge is -2.41. The van der Waals surface area contributed by atoms with E-state index in [9.17, 15) is 19.1 Å². The van der Waals surface area contributed by atoms with E-state index in [1.165, 1.54) is 6.92 Å². The molecule has 3 unspecified atom stereocenters. The molecule has 0 spiro atoms. The smallest absolute Gasteiger partial charge is 0.413 e. The molecule has 12 nitrogen and oxygen atoms in total. The number of esters is 1. The third-order valence-electron chi connectivity index (χ3n) is 11.7. The van der Waals surface area contributed by atoms with Crippen molar-refractivity contribution in [1.29, 1.82) is 0 Å². The van der Waals surface area contributed by atoms with Gasteiger partial charge in [0.2, 0.25) is 6.79 Å². The third kappa shape index (κ3) is 6.08. The van der Waals surface area contributed by atoms with Gasteiger partial charge in [0.1, 0.15) is 35.6 Å². The second kappa shape index (κ2) is 13.3. The molecular weight excluding hydrogens is 662 g/mol. The van der Waals surface area contributed by atoms with Gasteiger partial charge < -0.3 is 24.2 Å². The minimum atomic E-state index is -0.930. The van der Waals surface area contributed by atoms with E-state index in [0.717, 1.165) is 69.0 Å². The third-order valence-corrected chi connectivity index (χ3v) is 11.7. The highest BCUT2D eigenvalue weighted by Crippen LogP contribution is 2.45. The first kappa shape index (κ1) is 33.8. The van der Waals surface area contributed by atoms with E-state index in [1.54, 1.807) is 23.2 Å². The number of benzene rings is 1. The van der Waals surface area contributed by atoms with Crippen molar-refractivity contribution < 1.29 is 37.7 Å². The molecule has 0 saturated carbocycles. The number of piperazine rings is 1. The summed E-state index contributed by atoms with van der Waals surface area (Å²) >= 11 is 0. The zero-order valence-corrected chi connectivity index (χ0v) is 29.1. The Morgan fingerprint density at radius 1 is 1.08 bits per heavy atom. The maximum Gasteiger partial charge on any atom is 0.413 e. The zero-order chi connectivity index (χ0) is 35.4. The fourth-order valence-electron chi connectivity index (χ4n) is 9.45. The first-order chi connectivity index (χ1) is 24.6. The van der Waals surface area contributed by atoms with E-state index in [0.29, 0.717) is 42.8 Å². The predicted octanol–water partition coefficient (Wildman–Crippen LogP) is 5.63. The first-order valence-corrected chi connectivity index (χ1v) is 18.2. The van der Waals surface area contributed by atoms with Crippen LogP contribution in [0, 0.1) is 5.82 Å². The number of halogens is 2. The molecular formula is C37H44F2N6O6. The number of amides is 1. The fraction of sp³-hybridized carbons (Fsp3) is 0.595. The normalized spacial score (nSPS) is 27.1. The van der Waals surface area contributed by atoms with Crippen molar-refractivity contribution in [2.45, 2.75) is 101 Å². The number of nitrogens with zero attached hydrogens (tertiary/aromatic N) is 6. The molecule has 6 heterocycles. The van der Waals surface area contributed by atoms with Crippen molar-refractivity contribution in [3.05, 3.63) is 35.3 Å². The van der Waals surface area contributed by atoms with E-state index in [1.807, 2.05) is 4.90 Å². The van der Waals surface area contributed by atoms with E-state index >= 15 is 4.39 Å². The van der Waals surface area contributed by atoms with Crippen LogP contribution in [0.5, 0.6) is 11.8 Å². The average Bonchev–Trinajstić information content (AvgIpc) is 3.73. The van der Waals surface area contributed by atoms with Gasteiger partial charge in [0.25, 0.3) is 0 Å². The molecule has 8 rings (SSSR count). The van der Waals surface area contributed by atoms with Gasteiger partial charge in [-0.2, -0.15) is 9.97 Å². The highest BCUT2D eigenvalue weighted by Gasteiger charge is 2.50. The Bertz CT molecular complexity index is 1850. The zero-order valence-electron chi connectivity index (χ0n) is 29.1. The molecule has 0 radical (unpaired) electrons. The van der Waals surface area contributed by atoms with E-state index in [4.69, 9.17) is 19.2 Å². The topological polar surface area (TPSA) is 130 Å². The van der Waals surface area contributed by atoms with Crippen molar-refractivity contribution in [1.82, 2.24) is 24.8 Å². The molecule has 5 aliphatic rings. The number of phenols is 1. The Morgan fingerprint density at radius 3 is 2.65 bits per heavy atom. The number of aromatic nitrogens is 3. The Kier molecular flexibility index (Phi) is 8.84. The first-order valence-electron chi connectivity index (χ1n) is 18.2. The monoisotopic (exact) mass is 706 g/mol. The van der Waals surface area contributed by atoms with Gasteiger partial charge in [0, 0.05) is 44.7 Å². The van der Waals surface area contributed by atoms with Crippen molar-refractivity contribution >= 4 is 28.8 Å². The highest BCUT2D eigenvalue weighted by atomic mass is 19.1. The number of carbonyl (C=O) groups excluding carboxylic acids is 2. The second-order valence-electron chi connectivity index (χ2n) is 14.8. The second-order valence-corrected chi connectivity index (χ2v) is 14.8. The summed E-state index contributed by atoms with van der Waals surface area (Å²) in [4.78, 5) is 44.2. The molecule has 51 heavy (non-hydrogen) atoms. The lowest BCUT2D eigenvalue weighted by molar-refractivity contribution is -0.149. The molecule has 5 atom stereocenters. The minimum absolute atomic E-state index is 0.00276. The van der Waals surface area contributed by atoms with Gasteiger partial charge in [0.05, 0.1) is 23.0 Å². The van der Waals surface area contributed by atoms with Gasteiger partial charge in [0.15, 0.2) is 5.82 Å². The predicted molar refractivity (Wildman–Crippen MR) is 183 cm³/mol. The van der Waals surface area contributed by atoms with Crippen LogP contribution in [0.25, 0.3) is 22.2 Å². The molecule has 4 aliphatic heterocycles. The number of pyridine rings is 1. The Hall–Kier alpha value is -4.33. The van der Waals surface area contributed by atoms with Crippen molar-refractivity contribution in [3.63, 3.8) is 0 Å². The molecule has 2 bridgehead atoms. The number of carbonyl (C=O) groups is 2. The van der Waals surface area contributed by atoms with Crippen molar-refractivity contribution in [3.8, 4) is 23.0 Å². The van der Waals surface area contributed by atoms with Crippen LogP contribution in [-0.2, 0) is 20.7 Å². The van der Waals surface area contributed by atoms with Crippen molar-refractivity contribution in [2.24, 2.45) is 0 Å². The van der Waals surface area contributed by atoms with Crippen LogP contribution in [0.1, 0.15) is 82.3 Å². The van der Waals surface area contributed by atoms with Gasteiger partial charge >= 0.3 is 18.1 Å². The lowest BCUT2D eigenvalue weighted by atomic mass is 9.78. The number of rotatable bonds is 8. The van der Waals surface area contributed by atoms with E-state index < -0.39 is 36.4 Å². The molecule has 3 aromatic rings. The summed E-state index contributed by atoms with van der Waals surface area (Å²) in [6.45, 7) is 5.07. The lowest BCUT2D eigenvalue weighted by Crippen LogP contribution is -2.56. The van der Waals surface area contributed by atoms with Crippen LogP contribution < -0.4 is 9.64 Å². The summed E-state index contributed by atoms with van der Waals surface area (Å²) in [6.07, 6.45) is 7.36. The van der Waals surface area contributed by atoms with Crippen LogP contribution in [0.3, 0.4) is 0 Å². The number of alkyl halides is 1. The summed E-state index contributed by atoms with van der Waals surface area (Å²) in [5.41, 5.74) is 2.31. The Labute approximate surface area is 295 Å². The number of phenolic OH excluding ortho intramolecular Hbond substituents is 1. The van der Waals surface area contributed by atoms with Crippen LogP contribution in [0.2, 0.25) is 0 Å². The van der Waals surface area contributed by atoms with E-state index in [-0.39, 0.29) is 47.6 Å². The standard InChI is InChI=1S/C37H44F2N6O6/c1-3-22-6-4-7-23-12-27(47)13-28(30(22)23)32-31(39)33-29(15-40-32)34(42-35(41-33)49-19-37-10-5-11-44(37)16-24(38)14-37)43-17-25-8-9-26(18-43)45(25)36(48)51-20-50-21(2)46/h12-13,15,22,24-26,47H,3-11,14,16-20H2,1-2H3/t22?,24-,25?,26?,37+/m1/s1. The molecule has 1 N–H and O–H groups in total. The Balaban J connectivity index is 1.17. The Morgan fingerprint density at radius 2 is 1.88 bits per heavy atom. The number of fused-ring (bicyclic) bond motifs is 5. The van der Waals surface area contributed by atoms with Crippen LogP contribution in [0.15, 0.2) is 18.3 Å².